The average Bonchev–Trinajstić information content (AvgIpc) is 3.13. The number of amides is 1. The highest BCUT2D eigenvalue weighted by molar-refractivity contribution is 7.93. The highest BCUT2D eigenvalue weighted by Gasteiger charge is 2.27. The van der Waals surface area contributed by atoms with E-state index in [2.05, 4.69) is 11.1 Å². The van der Waals surface area contributed by atoms with Crippen LogP contribution < -0.4 is 0 Å². The van der Waals surface area contributed by atoms with Crippen LogP contribution >= 0.6 is 11.3 Å². The van der Waals surface area contributed by atoms with Crippen molar-refractivity contribution in [2.45, 2.75) is 15.6 Å². The second kappa shape index (κ2) is 7.80. The van der Waals surface area contributed by atoms with Crippen molar-refractivity contribution in [3.8, 4) is 17.2 Å². The van der Waals surface area contributed by atoms with Crippen LogP contribution in [-0.2, 0) is 16.4 Å². The molecule has 1 aromatic carbocycles. The number of sulfone groups is 1. The van der Waals surface area contributed by atoms with Gasteiger partial charge >= 0.3 is 6.09 Å². The first-order chi connectivity index (χ1) is 13.3. The zero-order chi connectivity index (χ0) is 20.3. The third-order valence-corrected chi connectivity index (χ3v) is 7.39. The van der Waals surface area contributed by atoms with Crippen LogP contribution in [0.25, 0.3) is 11.1 Å². The summed E-state index contributed by atoms with van der Waals surface area (Å²) in [6, 6.07) is 13.4. The molecule has 0 radical (unpaired) electrons. The zero-order valence-electron chi connectivity index (χ0n) is 14.7. The molecule has 0 atom stereocenters. The van der Waals surface area contributed by atoms with E-state index in [1.807, 2.05) is 0 Å². The minimum atomic E-state index is -3.90. The maximum Gasteiger partial charge on any atom is 0.407 e. The fourth-order valence-electron chi connectivity index (χ4n) is 2.62. The van der Waals surface area contributed by atoms with Gasteiger partial charge in [-0.2, -0.15) is 5.26 Å². The van der Waals surface area contributed by atoms with Crippen LogP contribution in [0.3, 0.4) is 0 Å². The van der Waals surface area contributed by atoms with Crippen molar-refractivity contribution in [2.24, 2.45) is 0 Å². The Morgan fingerprint density at radius 2 is 2.00 bits per heavy atom. The second-order valence-electron chi connectivity index (χ2n) is 5.90. The summed E-state index contributed by atoms with van der Waals surface area (Å²) >= 11 is 0.991. The second-order valence-corrected chi connectivity index (χ2v) is 9.18. The fourth-order valence-corrected chi connectivity index (χ4v) is 5.75. The normalized spacial score (nSPS) is 11.0. The van der Waals surface area contributed by atoms with Crippen molar-refractivity contribution < 1.29 is 18.3 Å². The van der Waals surface area contributed by atoms with Crippen LogP contribution in [0.15, 0.2) is 64.0 Å². The van der Waals surface area contributed by atoms with Gasteiger partial charge in [0.15, 0.2) is 0 Å². The number of carbonyl (C=O) groups is 1. The SMILES string of the molecule is CN(Cc1cc(-c2ccccc2C#N)c(S(=O)(=O)c2cccnc2)s1)C(=O)O. The molecule has 1 N–H and O–H groups in total. The number of benzene rings is 1. The predicted octanol–water partition coefficient (Wildman–Crippen LogP) is 3.62. The van der Waals surface area contributed by atoms with Crippen LogP contribution in [0, 0.1) is 11.3 Å². The van der Waals surface area contributed by atoms with Crippen molar-refractivity contribution in [1.29, 1.82) is 5.26 Å². The van der Waals surface area contributed by atoms with Gasteiger partial charge < -0.3 is 10.0 Å². The molecule has 3 rings (SSSR count). The smallest absolute Gasteiger partial charge is 0.407 e. The molecule has 0 aliphatic carbocycles. The van der Waals surface area contributed by atoms with Crippen LogP contribution in [0.1, 0.15) is 10.4 Å². The molecule has 0 saturated carbocycles. The maximum atomic E-state index is 13.2. The molecule has 2 aromatic heterocycles. The Hall–Kier alpha value is -3.22. The Kier molecular flexibility index (Phi) is 5.44. The molecule has 0 aliphatic rings. The van der Waals surface area contributed by atoms with E-state index in [0.717, 1.165) is 16.2 Å². The number of aromatic nitrogens is 1. The van der Waals surface area contributed by atoms with Crippen molar-refractivity contribution in [3.05, 3.63) is 65.3 Å². The molecule has 9 heteroatoms. The summed E-state index contributed by atoms with van der Waals surface area (Å²) in [6.07, 6.45) is 1.62. The Bertz CT molecular complexity index is 1170. The van der Waals surface area contributed by atoms with Crippen LogP contribution in [0.4, 0.5) is 4.79 Å². The molecule has 3 aromatic rings. The lowest BCUT2D eigenvalue weighted by Gasteiger charge is -2.10. The Balaban J connectivity index is 2.22. The van der Waals surface area contributed by atoms with E-state index in [9.17, 15) is 18.5 Å². The summed E-state index contributed by atoms with van der Waals surface area (Å²) < 4.78 is 26.5. The quantitative estimate of drug-likeness (QED) is 0.684. The van der Waals surface area contributed by atoms with Crippen molar-refractivity contribution >= 4 is 27.3 Å². The molecule has 0 fully saturated rings. The van der Waals surface area contributed by atoms with Gasteiger partial charge in [0.2, 0.25) is 9.84 Å². The number of hydrogen-bond donors (Lipinski definition) is 1. The first-order valence-electron chi connectivity index (χ1n) is 8.06. The molecule has 0 bridgehead atoms. The number of nitrogens with zero attached hydrogens (tertiary/aromatic N) is 3. The maximum absolute atomic E-state index is 13.2. The van der Waals surface area contributed by atoms with Gasteiger partial charge in [0.25, 0.3) is 0 Å². The van der Waals surface area contributed by atoms with Gasteiger partial charge in [-0.05, 0) is 24.3 Å². The molecule has 1 amide bonds. The van der Waals surface area contributed by atoms with E-state index in [1.54, 1.807) is 30.3 Å². The van der Waals surface area contributed by atoms with E-state index in [4.69, 9.17) is 5.11 Å². The summed E-state index contributed by atoms with van der Waals surface area (Å²) in [4.78, 5) is 16.7. The molecule has 7 nitrogen and oxygen atoms in total. The standard InChI is InChI=1S/C19H15N3O4S2/c1-22(19(23)24)12-14-9-17(16-7-3-2-5-13(16)10-20)18(27-14)28(25,26)15-6-4-8-21-11-15/h2-9,11H,12H2,1H3,(H,23,24). The molecular weight excluding hydrogens is 398 g/mol. The Labute approximate surface area is 166 Å². The highest BCUT2D eigenvalue weighted by Crippen LogP contribution is 2.39. The van der Waals surface area contributed by atoms with E-state index < -0.39 is 15.9 Å². The van der Waals surface area contributed by atoms with Gasteiger partial charge in [0, 0.05) is 35.4 Å². The van der Waals surface area contributed by atoms with E-state index >= 15 is 0 Å². The highest BCUT2D eigenvalue weighted by atomic mass is 32.2. The lowest BCUT2D eigenvalue weighted by atomic mass is 10.0. The van der Waals surface area contributed by atoms with Gasteiger partial charge in [-0.3, -0.25) is 4.98 Å². The molecule has 0 saturated heterocycles. The fraction of sp³-hybridized carbons (Fsp3) is 0.105. The Morgan fingerprint density at radius 1 is 1.25 bits per heavy atom. The van der Waals surface area contributed by atoms with Crippen molar-refractivity contribution in [2.75, 3.05) is 7.05 Å². The molecule has 142 valence electrons. The summed E-state index contributed by atoms with van der Waals surface area (Å²) in [6.45, 7) is 0.0320. The van der Waals surface area contributed by atoms with E-state index in [-0.39, 0.29) is 15.6 Å². The summed E-state index contributed by atoms with van der Waals surface area (Å²) in [7, 11) is -2.49. The van der Waals surface area contributed by atoms with E-state index in [0.29, 0.717) is 21.6 Å². The lowest BCUT2D eigenvalue weighted by molar-refractivity contribution is 0.154. The minimum Gasteiger partial charge on any atom is -0.465 e. The monoisotopic (exact) mass is 413 g/mol. The van der Waals surface area contributed by atoms with Gasteiger partial charge in [0.05, 0.1) is 23.1 Å². The molecular formula is C19H15N3O4S2. The predicted molar refractivity (Wildman–Crippen MR) is 104 cm³/mol. The molecule has 0 spiro atoms. The van der Waals surface area contributed by atoms with Crippen LogP contribution in [0.2, 0.25) is 0 Å². The van der Waals surface area contributed by atoms with Crippen LogP contribution in [-0.4, -0.2) is 36.5 Å². The number of nitriles is 1. The van der Waals surface area contributed by atoms with E-state index in [1.165, 1.54) is 31.6 Å². The summed E-state index contributed by atoms with van der Waals surface area (Å²) in [5, 5.41) is 18.5. The van der Waals surface area contributed by atoms with Crippen LogP contribution in [0.5, 0.6) is 0 Å². The summed E-state index contributed by atoms with van der Waals surface area (Å²) in [5.74, 6) is 0. The van der Waals surface area contributed by atoms with Crippen molar-refractivity contribution in [3.63, 3.8) is 0 Å². The number of hydrogen-bond acceptors (Lipinski definition) is 6. The van der Waals surface area contributed by atoms with Gasteiger partial charge in [-0.15, -0.1) is 11.3 Å². The molecule has 0 aliphatic heterocycles. The number of rotatable bonds is 5. The number of thiophene rings is 1. The van der Waals surface area contributed by atoms with Gasteiger partial charge in [0.1, 0.15) is 4.21 Å². The zero-order valence-corrected chi connectivity index (χ0v) is 16.4. The lowest BCUT2D eigenvalue weighted by Crippen LogP contribution is -2.23. The van der Waals surface area contributed by atoms with Gasteiger partial charge in [-0.1, -0.05) is 18.2 Å². The average molecular weight is 413 g/mol. The number of pyridine rings is 1. The third-order valence-electron chi connectivity index (χ3n) is 4.00. The molecule has 0 unspecified atom stereocenters. The minimum absolute atomic E-state index is 0.0320. The first-order valence-corrected chi connectivity index (χ1v) is 10.4. The third kappa shape index (κ3) is 3.74. The molecule has 2 heterocycles. The van der Waals surface area contributed by atoms with Gasteiger partial charge in [-0.25, -0.2) is 13.2 Å². The molecule has 28 heavy (non-hydrogen) atoms. The Morgan fingerprint density at radius 3 is 2.64 bits per heavy atom. The number of carboxylic acid groups (broad SMARTS) is 1. The largest absolute Gasteiger partial charge is 0.465 e. The first kappa shape index (κ1) is 19.5. The summed E-state index contributed by atoms with van der Waals surface area (Å²) in [5.41, 5.74) is 1.19. The topological polar surface area (TPSA) is 111 Å². The van der Waals surface area contributed by atoms with Crippen molar-refractivity contribution in [1.82, 2.24) is 9.88 Å².